The molecule has 0 fully saturated rings. The van der Waals surface area contributed by atoms with Gasteiger partial charge in [-0.2, -0.15) is 0 Å². The topological polar surface area (TPSA) is 9.23 Å². The van der Waals surface area contributed by atoms with Gasteiger partial charge in [-0.3, -0.25) is 0 Å². The van der Waals surface area contributed by atoms with Crippen LogP contribution in [-0.4, -0.2) is 21.5 Å². The maximum Gasteiger partial charge on any atom is 0.106 e. The highest BCUT2D eigenvalue weighted by molar-refractivity contribution is 8.44. The van der Waals surface area contributed by atoms with Crippen LogP contribution in [0.3, 0.4) is 0 Å². The third kappa shape index (κ3) is 2.95. The minimum absolute atomic E-state index is 0.688. The van der Waals surface area contributed by atoms with Crippen molar-refractivity contribution >= 4 is 58.8 Å². The van der Waals surface area contributed by atoms with Gasteiger partial charge in [0, 0.05) is 0 Å². The molecule has 0 aromatic carbocycles. The molecule has 2 aliphatic rings. The standard InChI is InChI=1S/C7H10OS5/c1-2-9-7-12-5-6(13-7)11-4-8-3-10-5/h7H,2-4H2,1H3. The molecule has 2 rings (SSSR count). The molecule has 1 nitrogen and oxygen atoms in total. The first-order chi connectivity index (χ1) is 6.40. The summed E-state index contributed by atoms with van der Waals surface area (Å²) < 4.78 is 9.03. The fourth-order valence-corrected chi connectivity index (χ4v) is 8.75. The number of hydrogen-bond donors (Lipinski definition) is 0. The van der Waals surface area contributed by atoms with Crippen LogP contribution < -0.4 is 0 Å². The molecule has 0 unspecified atom stereocenters. The van der Waals surface area contributed by atoms with Gasteiger partial charge in [-0.25, -0.2) is 0 Å². The van der Waals surface area contributed by atoms with E-state index in [1.54, 1.807) is 0 Å². The second kappa shape index (κ2) is 5.51. The average Bonchev–Trinajstić information content (AvgIpc) is 2.37. The lowest BCUT2D eigenvalue weighted by molar-refractivity contribution is 0.242. The second-order valence-electron chi connectivity index (χ2n) is 2.28. The largest absolute Gasteiger partial charge is 0.360 e. The van der Waals surface area contributed by atoms with Gasteiger partial charge in [0.1, 0.15) is 3.91 Å². The molecule has 0 aliphatic carbocycles. The lowest BCUT2D eigenvalue weighted by Crippen LogP contribution is -1.88. The number of rotatable bonds is 2. The Labute approximate surface area is 100.0 Å². The van der Waals surface area contributed by atoms with Crippen molar-refractivity contribution < 1.29 is 4.74 Å². The van der Waals surface area contributed by atoms with Crippen LogP contribution in [0.15, 0.2) is 8.47 Å². The smallest absolute Gasteiger partial charge is 0.106 e. The molecule has 13 heavy (non-hydrogen) atoms. The van der Waals surface area contributed by atoms with Crippen molar-refractivity contribution in [3.05, 3.63) is 8.47 Å². The fourth-order valence-electron chi connectivity index (χ4n) is 0.909. The highest BCUT2D eigenvalue weighted by Gasteiger charge is 2.27. The summed E-state index contributed by atoms with van der Waals surface area (Å²) in [6.45, 7) is 2.22. The summed E-state index contributed by atoms with van der Waals surface area (Å²) >= 11 is 9.73. The number of hydrogen-bond acceptors (Lipinski definition) is 6. The van der Waals surface area contributed by atoms with Crippen LogP contribution in [0.25, 0.3) is 0 Å². The van der Waals surface area contributed by atoms with Crippen LogP contribution in [0.1, 0.15) is 6.92 Å². The summed E-state index contributed by atoms with van der Waals surface area (Å²) in [5, 5.41) is 0. The summed E-state index contributed by atoms with van der Waals surface area (Å²) in [5.41, 5.74) is 0. The van der Waals surface area contributed by atoms with E-state index in [1.165, 1.54) is 14.2 Å². The van der Waals surface area contributed by atoms with Gasteiger partial charge in [0.25, 0.3) is 0 Å². The summed E-state index contributed by atoms with van der Waals surface area (Å²) in [5.74, 6) is 2.85. The van der Waals surface area contributed by atoms with Gasteiger partial charge in [-0.05, 0) is 5.75 Å². The molecule has 0 atom stereocenters. The monoisotopic (exact) mass is 270 g/mol. The van der Waals surface area contributed by atoms with Crippen LogP contribution in [-0.2, 0) is 4.74 Å². The summed E-state index contributed by atoms with van der Waals surface area (Å²) in [6.07, 6.45) is 0. The minimum atomic E-state index is 0.688. The molecule has 0 aromatic heterocycles. The lowest BCUT2D eigenvalue weighted by Gasteiger charge is -2.07. The van der Waals surface area contributed by atoms with Gasteiger partial charge in [0.05, 0.1) is 20.4 Å². The molecule has 2 heterocycles. The van der Waals surface area contributed by atoms with E-state index in [9.17, 15) is 0 Å². The Morgan fingerprint density at radius 2 is 1.92 bits per heavy atom. The fraction of sp³-hybridized carbons (Fsp3) is 0.714. The number of thioether (sulfide) groups is 5. The van der Waals surface area contributed by atoms with Crippen molar-refractivity contribution in [3.8, 4) is 0 Å². The molecule has 74 valence electrons. The highest BCUT2D eigenvalue weighted by Crippen LogP contribution is 2.58. The summed E-state index contributed by atoms with van der Waals surface area (Å²) in [7, 11) is 0. The van der Waals surface area contributed by atoms with E-state index in [1.807, 2.05) is 58.8 Å². The lowest BCUT2D eigenvalue weighted by atomic mass is 11.0. The molecule has 0 amide bonds. The van der Waals surface area contributed by atoms with Crippen molar-refractivity contribution in [2.75, 3.05) is 17.6 Å². The van der Waals surface area contributed by atoms with Crippen LogP contribution in [0.2, 0.25) is 0 Å². The Balaban J connectivity index is 1.93. The first-order valence-electron chi connectivity index (χ1n) is 3.92. The average molecular weight is 270 g/mol. The van der Waals surface area contributed by atoms with Gasteiger partial charge in [-0.1, -0.05) is 54.0 Å². The van der Waals surface area contributed by atoms with E-state index in [2.05, 4.69) is 6.92 Å². The van der Waals surface area contributed by atoms with Crippen molar-refractivity contribution in [1.29, 1.82) is 0 Å². The molecule has 0 saturated carbocycles. The number of ether oxygens (including phenoxy) is 1. The predicted octanol–water partition coefficient (Wildman–Crippen LogP) is 4.04. The zero-order valence-corrected chi connectivity index (χ0v) is 11.2. The molecule has 0 spiro atoms. The maximum absolute atomic E-state index is 5.38. The normalized spacial score (nSPS) is 24.7. The molecular formula is C7H10OS5. The Kier molecular flexibility index (Phi) is 4.64. The Morgan fingerprint density at radius 3 is 2.46 bits per heavy atom. The Bertz CT molecular complexity index is 199. The van der Waals surface area contributed by atoms with E-state index < -0.39 is 0 Å². The molecule has 0 bridgehead atoms. The Morgan fingerprint density at radius 1 is 1.31 bits per heavy atom. The maximum atomic E-state index is 5.38. The third-order valence-electron chi connectivity index (χ3n) is 1.42. The SMILES string of the molecule is CCSC1SC2=C(SCOCS2)S1. The highest BCUT2D eigenvalue weighted by atomic mass is 32.3. The van der Waals surface area contributed by atoms with E-state index >= 15 is 0 Å². The zero-order valence-electron chi connectivity index (χ0n) is 7.15. The first kappa shape index (κ1) is 11.0. The first-order valence-corrected chi connectivity index (χ1v) is 8.70. The van der Waals surface area contributed by atoms with Crippen LogP contribution in [0.4, 0.5) is 0 Å². The van der Waals surface area contributed by atoms with E-state index in [0.29, 0.717) is 3.91 Å². The molecule has 0 radical (unpaired) electrons. The molecular weight excluding hydrogens is 260 g/mol. The zero-order chi connectivity index (χ0) is 9.10. The quantitative estimate of drug-likeness (QED) is 0.743. The van der Waals surface area contributed by atoms with Crippen molar-refractivity contribution in [2.24, 2.45) is 0 Å². The van der Waals surface area contributed by atoms with Crippen LogP contribution in [0.5, 0.6) is 0 Å². The van der Waals surface area contributed by atoms with Crippen molar-refractivity contribution in [1.82, 2.24) is 0 Å². The molecule has 2 aliphatic heterocycles. The van der Waals surface area contributed by atoms with Gasteiger partial charge in [-0.15, -0.1) is 11.8 Å². The van der Waals surface area contributed by atoms with Crippen molar-refractivity contribution in [3.63, 3.8) is 0 Å². The van der Waals surface area contributed by atoms with E-state index in [4.69, 9.17) is 4.74 Å². The molecule has 0 N–H and O–H groups in total. The molecule has 0 saturated heterocycles. The third-order valence-corrected chi connectivity index (χ3v) is 8.52. The van der Waals surface area contributed by atoms with Gasteiger partial charge in [0.2, 0.25) is 0 Å². The second-order valence-corrected chi connectivity index (χ2v) is 9.17. The van der Waals surface area contributed by atoms with Crippen molar-refractivity contribution in [2.45, 2.75) is 10.8 Å². The van der Waals surface area contributed by atoms with E-state index in [0.717, 1.165) is 11.9 Å². The minimum Gasteiger partial charge on any atom is -0.360 e. The van der Waals surface area contributed by atoms with Gasteiger partial charge >= 0.3 is 0 Å². The summed E-state index contributed by atoms with van der Waals surface area (Å²) in [4.78, 5) is 0. The summed E-state index contributed by atoms with van der Waals surface area (Å²) in [6, 6.07) is 0. The van der Waals surface area contributed by atoms with Crippen LogP contribution >= 0.6 is 58.8 Å². The Hall–Kier alpha value is 1.45. The molecule has 6 heteroatoms. The predicted molar refractivity (Wildman–Crippen MR) is 70.1 cm³/mol. The van der Waals surface area contributed by atoms with E-state index in [-0.39, 0.29) is 0 Å². The van der Waals surface area contributed by atoms with Gasteiger partial charge in [0.15, 0.2) is 0 Å². The van der Waals surface area contributed by atoms with Crippen LogP contribution in [0, 0.1) is 0 Å². The molecule has 0 aromatic rings. The van der Waals surface area contributed by atoms with Gasteiger partial charge < -0.3 is 4.74 Å².